The third kappa shape index (κ3) is 3.19. The summed E-state index contributed by atoms with van der Waals surface area (Å²) in [5.41, 5.74) is 0.202. The van der Waals surface area contributed by atoms with E-state index in [1.54, 1.807) is 11.0 Å². The van der Waals surface area contributed by atoms with Crippen LogP contribution in [0.1, 0.15) is 36.0 Å². The standard InChI is InChI=1S/C14H18ClNO3/c15-10-5-6-13(18)12(9-10)14(19)16(7-8-17)11-3-1-2-4-11/h5-6,9,11,17-18H,1-4,7-8H2. The number of carbonyl (C=O) groups is 1. The molecule has 1 aliphatic rings. The van der Waals surface area contributed by atoms with Crippen LogP contribution in [-0.4, -0.2) is 40.2 Å². The van der Waals surface area contributed by atoms with Gasteiger partial charge in [-0.25, -0.2) is 0 Å². The van der Waals surface area contributed by atoms with Crippen molar-refractivity contribution in [1.29, 1.82) is 0 Å². The van der Waals surface area contributed by atoms with E-state index >= 15 is 0 Å². The maximum atomic E-state index is 12.5. The van der Waals surface area contributed by atoms with Gasteiger partial charge in [-0.3, -0.25) is 4.79 Å². The number of phenolic OH excluding ortho intramolecular Hbond substituents is 1. The number of aromatic hydroxyl groups is 1. The van der Waals surface area contributed by atoms with E-state index in [2.05, 4.69) is 0 Å². The highest BCUT2D eigenvalue weighted by Gasteiger charge is 2.28. The van der Waals surface area contributed by atoms with E-state index in [9.17, 15) is 9.90 Å². The third-order valence-corrected chi connectivity index (χ3v) is 3.79. The number of carbonyl (C=O) groups excluding carboxylic acids is 1. The van der Waals surface area contributed by atoms with Crippen LogP contribution in [0.5, 0.6) is 5.75 Å². The molecule has 2 rings (SSSR count). The Bertz CT molecular complexity index is 458. The van der Waals surface area contributed by atoms with Gasteiger partial charge in [0.2, 0.25) is 0 Å². The van der Waals surface area contributed by atoms with Gasteiger partial charge in [0.25, 0.3) is 5.91 Å². The van der Waals surface area contributed by atoms with Gasteiger partial charge in [-0.15, -0.1) is 0 Å². The summed E-state index contributed by atoms with van der Waals surface area (Å²) in [7, 11) is 0. The number of benzene rings is 1. The van der Waals surface area contributed by atoms with Crippen LogP contribution in [-0.2, 0) is 0 Å². The fourth-order valence-corrected chi connectivity index (χ4v) is 2.78. The Morgan fingerprint density at radius 1 is 1.37 bits per heavy atom. The van der Waals surface area contributed by atoms with Crippen molar-refractivity contribution in [2.75, 3.05) is 13.2 Å². The normalized spacial score (nSPS) is 15.7. The number of halogens is 1. The van der Waals surface area contributed by atoms with Gasteiger partial charge >= 0.3 is 0 Å². The molecule has 0 spiro atoms. The highest BCUT2D eigenvalue weighted by molar-refractivity contribution is 6.31. The Morgan fingerprint density at radius 3 is 2.68 bits per heavy atom. The van der Waals surface area contributed by atoms with Crippen molar-refractivity contribution in [2.24, 2.45) is 0 Å². The minimum Gasteiger partial charge on any atom is -0.507 e. The van der Waals surface area contributed by atoms with Crippen LogP contribution in [0.2, 0.25) is 5.02 Å². The fourth-order valence-electron chi connectivity index (χ4n) is 2.61. The molecule has 0 heterocycles. The molecule has 1 amide bonds. The summed E-state index contributed by atoms with van der Waals surface area (Å²) in [6.07, 6.45) is 4.10. The first kappa shape index (κ1) is 14.2. The molecule has 1 saturated carbocycles. The van der Waals surface area contributed by atoms with Crippen molar-refractivity contribution < 1.29 is 15.0 Å². The van der Waals surface area contributed by atoms with Gasteiger partial charge in [-0.1, -0.05) is 24.4 Å². The van der Waals surface area contributed by atoms with Crippen molar-refractivity contribution in [3.8, 4) is 5.75 Å². The van der Waals surface area contributed by atoms with E-state index < -0.39 is 0 Å². The molecule has 104 valence electrons. The second-order valence-electron chi connectivity index (χ2n) is 4.82. The molecule has 0 saturated heterocycles. The Hall–Kier alpha value is -1.26. The van der Waals surface area contributed by atoms with Crippen molar-refractivity contribution in [1.82, 2.24) is 4.90 Å². The van der Waals surface area contributed by atoms with Crippen LogP contribution >= 0.6 is 11.6 Å². The first-order valence-electron chi connectivity index (χ1n) is 6.54. The summed E-state index contributed by atoms with van der Waals surface area (Å²) >= 11 is 5.87. The van der Waals surface area contributed by atoms with Crippen molar-refractivity contribution >= 4 is 17.5 Å². The monoisotopic (exact) mass is 283 g/mol. The molecule has 1 aliphatic carbocycles. The second kappa shape index (κ2) is 6.26. The number of phenols is 1. The Labute approximate surface area is 117 Å². The molecule has 1 aromatic rings. The largest absolute Gasteiger partial charge is 0.507 e. The van der Waals surface area contributed by atoms with E-state index in [0.717, 1.165) is 25.7 Å². The summed E-state index contributed by atoms with van der Waals surface area (Å²) in [5, 5.41) is 19.3. The fraction of sp³-hybridized carbons (Fsp3) is 0.500. The van der Waals surface area contributed by atoms with Crippen LogP contribution in [0.15, 0.2) is 18.2 Å². The average molecular weight is 284 g/mol. The molecule has 0 radical (unpaired) electrons. The predicted octanol–water partition coefficient (Wildman–Crippen LogP) is 2.42. The molecule has 0 unspecified atom stereocenters. The van der Waals surface area contributed by atoms with Gasteiger partial charge in [0.1, 0.15) is 5.75 Å². The summed E-state index contributed by atoms with van der Waals surface area (Å²) in [6.45, 7) is 0.207. The Kier molecular flexibility index (Phi) is 4.66. The molecular weight excluding hydrogens is 266 g/mol. The zero-order valence-electron chi connectivity index (χ0n) is 10.7. The maximum absolute atomic E-state index is 12.5. The predicted molar refractivity (Wildman–Crippen MR) is 73.5 cm³/mol. The van der Waals surface area contributed by atoms with Crippen LogP contribution in [0.3, 0.4) is 0 Å². The molecule has 1 aromatic carbocycles. The van der Waals surface area contributed by atoms with Gasteiger partial charge in [-0.2, -0.15) is 0 Å². The highest BCUT2D eigenvalue weighted by Crippen LogP contribution is 2.28. The van der Waals surface area contributed by atoms with Gasteiger partial charge in [0, 0.05) is 17.6 Å². The summed E-state index contributed by atoms with van der Waals surface area (Å²) in [5.74, 6) is -0.337. The van der Waals surface area contributed by atoms with Crippen LogP contribution in [0.4, 0.5) is 0 Å². The molecule has 0 aromatic heterocycles. The van der Waals surface area contributed by atoms with Gasteiger partial charge in [0.05, 0.1) is 12.2 Å². The van der Waals surface area contributed by atoms with Gasteiger partial charge in [-0.05, 0) is 31.0 Å². The molecule has 0 atom stereocenters. The van der Waals surface area contributed by atoms with E-state index in [0.29, 0.717) is 5.02 Å². The average Bonchev–Trinajstić information content (AvgIpc) is 2.92. The molecule has 1 fully saturated rings. The van der Waals surface area contributed by atoms with Crippen LogP contribution in [0, 0.1) is 0 Å². The Balaban J connectivity index is 2.25. The number of amides is 1. The molecule has 0 aliphatic heterocycles. The lowest BCUT2D eigenvalue weighted by Gasteiger charge is -2.28. The first-order chi connectivity index (χ1) is 9.13. The third-order valence-electron chi connectivity index (χ3n) is 3.56. The molecule has 4 nitrogen and oxygen atoms in total. The molecule has 2 N–H and O–H groups in total. The molecule has 5 heteroatoms. The topological polar surface area (TPSA) is 60.8 Å². The van der Waals surface area contributed by atoms with E-state index in [-0.39, 0.29) is 36.4 Å². The SMILES string of the molecule is O=C(c1cc(Cl)ccc1O)N(CCO)C1CCCC1. The molecule has 19 heavy (non-hydrogen) atoms. The number of nitrogens with zero attached hydrogens (tertiary/aromatic N) is 1. The zero-order chi connectivity index (χ0) is 13.8. The molecular formula is C14H18ClNO3. The minimum absolute atomic E-state index is 0.0738. The number of aliphatic hydroxyl groups excluding tert-OH is 1. The van der Waals surface area contributed by atoms with Crippen LogP contribution < -0.4 is 0 Å². The number of aliphatic hydroxyl groups is 1. The lowest BCUT2D eigenvalue weighted by Crippen LogP contribution is -2.40. The van der Waals surface area contributed by atoms with E-state index in [1.165, 1.54) is 12.1 Å². The van der Waals surface area contributed by atoms with E-state index in [1.807, 2.05) is 0 Å². The van der Waals surface area contributed by atoms with Crippen molar-refractivity contribution in [3.05, 3.63) is 28.8 Å². The summed E-state index contributed by atoms with van der Waals surface area (Å²) < 4.78 is 0. The quantitative estimate of drug-likeness (QED) is 0.892. The van der Waals surface area contributed by atoms with Gasteiger partial charge < -0.3 is 15.1 Å². The lowest BCUT2D eigenvalue weighted by atomic mass is 10.1. The molecule has 0 bridgehead atoms. The number of hydrogen-bond donors (Lipinski definition) is 2. The maximum Gasteiger partial charge on any atom is 0.257 e. The van der Waals surface area contributed by atoms with Gasteiger partial charge in [0.15, 0.2) is 0 Å². The number of rotatable bonds is 4. The lowest BCUT2D eigenvalue weighted by molar-refractivity contribution is 0.0635. The van der Waals surface area contributed by atoms with E-state index in [4.69, 9.17) is 16.7 Å². The Morgan fingerprint density at radius 2 is 2.05 bits per heavy atom. The van der Waals surface area contributed by atoms with Crippen LogP contribution in [0.25, 0.3) is 0 Å². The van der Waals surface area contributed by atoms with Crippen molar-refractivity contribution in [2.45, 2.75) is 31.7 Å². The summed E-state index contributed by atoms with van der Waals surface area (Å²) in [4.78, 5) is 14.1. The summed E-state index contributed by atoms with van der Waals surface area (Å²) in [6, 6.07) is 4.58. The zero-order valence-corrected chi connectivity index (χ0v) is 11.4. The minimum atomic E-state index is -0.263. The van der Waals surface area contributed by atoms with Crippen molar-refractivity contribution in [3.63, 3.8) is 0 Å². The smallest absolute Gasteiger partial charge is 0.257 e. The highest BCUT2D eigenvalue weighted by atomic mass is 35.5. The second-order valence-corrected chi connectivity index (χ2v) is 5.26. The first-order valence-corrected chi connectivity index (χ1v) is 6.91. The number of hydrogen-bond acceptors (Lipinski definition) is 3.